The minimum atomic E-state index is -0.289. The standard InChI is InChI=1S/C29H32N4O2S/c1-5-6-7-8-11-18-32-22-13-10-9-12-21(22)23(26(32)34)24-27(35)33-28(36-24)30-25(31-33)19-14-16-20(17-15-19)29(2,3)4/h9-10,12-17H,5-8,11,18H2,1-4H3. The molecule has 186 valence electrons. The van der Waals surface area contributed by atoms with Crippen LogP contribution in [0.5, 0.6) is 0 Å². The van der Waals surface area contributed by atoms with Crippen molar-refractivity contribution in [3.8, 4) is 11.4 Å². The zero-order valence-corrected chi connectivity index (χ0v) is 22.2. The van der Waals surface area contributed by atoms with Crippen LogP contribution < -0.4 is 15.0 Å². The molecule has 2 aromatic carbocycles. The number of rotatable bonds is 7. The van der Waals surface area contributed by atoms with Gasteiger partial charge in [0.2, 0.25) is 4.96 Å². The van der Waals surface area contributed by atoms with Gasteiger partial charge in [0.15, 0.2) is 5.82 Å². The predicted octanol–water partition coefficient (Wildman–Crippen LogP) is 5.35. The van der Waals surface area contributed by atoms with E-state index in [0.29, 0.717) is 27.4 Å². The molecule has 4 aromatic rings. The van der Waals surface area contributed by atoms with Crippen molar-refractivity contribution in [3.63, 3.8) is 0 Å². The van der Waals surface area contributed by atoms with Crippen molar-refractivity contribution in [2.24, 2.45) is 0 Å². The van der Waals surface area contributed by atoms with Crippen LogP contribution in [-0.2, 0) is 10.2 Å². The van der Waals surface area contributed by atoms with E-state index in [9.17, 15) is 9.59 Å². The summed E-state index contributed by atoms with van der Waals surface area (Å²) in [6.45, 7) is 9.37. The number of hydrogen-bond donors (Lipinski definition) is 0. The molecule has 0 saturated heterocycles. The number of carbonyl (C=O) groups is 1. The fourth-order valence-corrected chi connectivity index (χ4v) is 5.72. The van der Waals surface area contributed by atoms with Gasteiger partial charge < -0.3 is 4.90 Å². The topological polar surface area (TPSA) is 67.6 Å². The molecular formula is C29H32N4O2S. The number of anilines is 1. The summed E-state index contributed by atoms with van der Waals surface area (Å²) in [6.07, 6.45) is 5.62. The van der Waals surface area contributed by atoms with Gasteiger partial charge in [-0.15, -0.1) is 5.10 Å². The van der Waals surface area contributed by atoms with Crippen LogP contribution in [0, 0.1) is 0 Å². The Labute approximate surface area is 215 Å². The van der Waals surface area contributed by atoms with Crippen molar-refractivity contribution >= 4 is 33.5 Å². The highest BCUT2D eigenvalue weighted by Gasteiger charge is 2.34. The van der Waals surface area contributed by atoms with Crippen molar-refractivity contribution in [1.29, 1.82) is 0 Å². The first kappa shape index (κ1) is 24.4. The van der Waals surface area contributed by atoms with E-state index < -0.39 is 0 Å². The molecule has 6 nitrogen and oxygen atoms in total. The van der Waals surface area contributed by atoms with Gasteiger partial charge in [-0.3, -0.25) is 9.59 Å². The van der Waals surface area contributed by atoms with Crippen LogP contribution in [0.2, 0.25) is 0 Å². The molecule has 1 amide bonds. The van der Waals surface area contributed by atoms with Gasteiger partial charge in [0.25, 0.3) is 11.5 Å². The number of carbonyl (C=O) groups excluding carboxylic acids is 1. The Morgan fingerprint density at radius 1 is 0.917 bits per heavy atom. The highest BCUT2D eigenvalue weighted by molar-refractivity contribution is 7.15. The SMILES string of the molecule is CCCCCCCN1C(=O)C(=c2sc3nc(-c4ccc(C(C)(C)C)cc4)nn3c2=O)c2ccccc21. The van der Waals surface area contributed by atoms with E-state index in [1.807, 2.05) is 41.3 Å². The molecule has 1 aliphatic rings. The number of hydrogen-bond acceptors (Lipinski definition) is 5. The molecule has 36 heavy (non-hydrogen) atoms. The monoisotopic (exact) mass is 500 g/mol. The maximum absolute atomic E-state index is 13.5. The third-order valence-electron chi connectivity index (χ3n) is 6.80. The lowest BCUT2D eigenvalue weighted by Crippen LogP contribution is -2.33. The summed E-state index contributed by atoms with van der Waals surface area (Å²) >= 11 is 1.24. The normalized spacial score (nSPS) is 15.2. The molecule has 0 aliphatic carbocycles. The molecule has 0 saturated carbocycles. The summed E-state index contributed by atoms with van der Waals surface area (Å²) < 4.78 is 1.74. The number of aromatic nitrogens is 3. The molecule has 0 N–H and O–H groups in total. The summed E-state index contributed by atoms with van der Waals surface area (Å²) in [5, 5.41) is 4.51. The third kappa shape index (κ3) is 4.37. The number of thiazole rings is 1. The molecule has 0 radical (unpaired) electrons. The molecule has 0 bridgehead atoms. The molecular weight excluding hydrogens is 468 g/mol. The molecule has 1 aliphatic heterocycles. The Balaban J connectivity index is 1.51. The van der Waals surface area contributed by atoms with Crippen molar-refractivity contribution in [3.05, 3.63) is 74.5 Å². The zero-order chi connectivity index (χ0) is 25.4. The van der Waals surface area contributed by atoms with Crippen molar-refractivity contribution in [2.45, 2.75) is 65.2 Å². The van der Waals surface area contributed by atoms with Crippen LogP contribution in [-0.4, -0.2) is 27.0 Å². The fourth-order valence-electron chi connectivity index (χ4n) is 4.72. The Hall–Kier alpha value is -3.32. The highest BCUT2D eigenvalue weighted by atomic mass is 32.1. The first-order valence-electron chi connectivity index (χ1n) is 12.8. The second kappa shape index (κ2) is 9.62. The van der Waals surface area contributed by atoms with Crippen LogP contribution in [0.4, 0.5) is 5.69 Å². The number of benzene rings is 2. The van der Waals surface area contributed by atoms with Crippen molar-refractivity contribution < 1.29 is 4.79 Å². The number of nitrogens with zero attached hydrogens (tertiary/aromatic N) is 4. The number of unbranched alkanes of at least 4 members (excludes halogenated alkanes) is 4. The van der Waals surface area contributed by atoms with Gasteiger partial charge >= 0.3 is 0 Å². The van der Waals surface area contributed by atoms with Gasteiger partial charge in [0.1, 0.15) is 4.53 Å². The minimum Gasteiger partial charge on any atom is -0.308 e. The van der Waals surface area contributed by atoms with Gasteiger partial charge in [-0.05, 0) is 23.5 Å². The number of fused-ring (bicyclic) bond motifs is 2. The number of para-hydroxylation sites is 1. The van der Waals surface area contributed by atoms with Gasteiger partial charge in [-0.2, -0.15) is 9.50 Å². The largest absolute Gasteiger partial charge is 0.308 e. The van der Waals surface area contributed by atoms with E-state index >= 15 is 0 Å². The van der Waals surface area contributed by atoms with E-state index in [1.165, 1.54) is 40.7 Å². The Morgan fingerprint density at radius 3 is 2.33 bits per heavy atom. The van der Waals surface area contributed by atoms with Gasteiger partial charge in [-0.1, -0.05) is 107 Å². The first-order valence-corrected chi connectivity index (χ1v) is 13.6. The van der Waals surface area contributed by atoms with Gasteiger partial charge in [0, 0.05) is 17.7 Å². The van der Waals surface area contributed by atoms with Crippen LogP contribution in [0.25, 0.3) is 21.9 Å². The average Bonchev–Trinajstić information content (AvgIpc) is 3.49. The zero-order valence-electron chi connectivity index (χ0n) is 21.4. The third-order valence-corrected chi connectivity index (χ3v) is 7.83. The van der Waals surface area contributed by atoms with E-state index in [0.717, 1.165) is 29.7 Å². The minimum absolute atomic E-state index is 0.0579. The fraction of sp³-hybridized carbons (Fsp3) is 0.379. The molecule has 0 atom stereocenters. The second-order valence-corrected chi connectivity index (χ2v) is 11.4. The molecule has 7 heteroatoms. The van der Waals surface area contributed by atoms with Gasteiger partial charge in [0.05, 0.1) is 11.3 Å². The smallest absolute Gasteiger partial charge is 0.291 e. The maximum atomic E-state index is 13.5. The maximum Gasteiger partial charge on any atom is 0.291 e. The quantitative estimate of drug-likeness (QED) is 0.321. The lowest BCUT2D eigenvalue weighted by atomic mass is 9.87. The summed E-state index contributed by atoms with van der Waals surface area (Å²) in [6, 6.07) is 15.9. The van der Waals surface area contributed by atoms with Crippen molar-refractivity contribution in [1.82, 2.24) is 14.6 Å². The Morgan fingerprint density at radius 2 is 1.64 bits per heavy atom. The van der Waals surface area contributed by atoms with E-state index in [1.54, 1.807) is 0 Å². The molecule has 3 heterocycles. The Kier molecular flexibility index (Phi) is 6.51. The van der Waals surface area contributed by atoms with E-state index in [4.69, 9.17) is 0 Å². The summed E-state index contributed by atoms with van der Waals surface area (Å²) in [7, 11) is 0. The summed E-state index contributed by atoms with van der Waals surface area (Å²) in [4.78, 5) is 33.9. The average molecular weight is 501 g/mol. The lowest BCUT2D eigenvalue weighted by Gasteiger charge is -2.18. The van der Waals surface area contributed by atoms with Crippen LogP contribution in [0.1, 0.15) is 70.9 Å². The second-order valence-electron chi connectivity index (χ2n) is 10.5. The molecule has 5 rings (SSSR count). The summed E-state index contributed by atoms with van der Waals surface area (Å²) in [5.74, 6) is 0.411. The van der Waals surface area contributed by atoms with E-state index in [-0.39, 0.29) is 16.9 Å². The highest BCUT2D eigenvalue weighted by Crippen LogP contribution is 2.35. The molecule has 0 spiro atoms. The number of amides is 1. The molecule has 2 aromatic heterocycles. The Bertz CT molecular complexity index is 1530. The predicted molar refractivity (Wildman–Crippen MR) is 147 cm³/mol. The first-order chi connectivity index (χ1) is 17.3. The summed E-state index contributed by atoms with van der Waals surface area (Å²) in [5.41, 5.74) is 4.03. The molecule has 0 fully saturated rings. The van der Waals surface area contributed by atoms with E-state index in [2.05, 4.69) is 49.9 Å². The van der Waals surface area contributed by atoms with Crippen LogP contribution in [0.3, 0.4) is 0 Å². The van der Waals surface area contributed by atoms with Gasteiger partial charge in [-0.25, -0.2) is 0 Å². The lowest BCUT2D eigenvalue weighted by molar-refractivity contribution is -0.113. The van der Waals surface area contributed by atoms with Crippen molar-refractivity contribution in [2.75, 3.05) is 11.4 Å². The molecule has 0 unspecified atom stereocenters. The van der Waals surface area contributed by atoms with Crippen LogP contribution in [0.15, 0.2) is 53.3 Å². The van der Waals surface area contributed by atoms with Crippen LogP contribution >= 0.6 is 11.3 Å².